The van der Waals surface area contributed by atoms with Crippen molar-refractivity contribution in [3.05, 3.63) is 64.8 Å². The lowest BCUT2D eigenvalue weighted by atomic mass is 10.1. The van der Waals surface area contributed by atoms with Crippen molar-refractivity contribution in [2.45, 2.75) is 26.3 Å². The topological polar surface area (TPSA) is 73.6 Å². The maximum absolute atomic E-state index is 12.5. The van der Waals surface area contributed by atoms with Crippen LogP contribution >= 0.6 is 11.6 Å². The molecule has 3 aromatic rings. The number of nitrogens with zero attached hydrogens (tertiary/aromatic N) is 1. The Morgan fingerprint density at radius 2 is 1.93 bits per heavy atom. The summed E-state index contributed by atoms with van der Waals surface area (Å²) in [6, 6.07) is 12.0. The second-order valence-electron chi connectivity index (χ2n) is 6.24. The number of anilines is 1. The predicted molar refractivity (Wildman–Crippen MR) is 103 cm³/mol. The number of carbonyl (C=O) groups is 1. The standard InChI is InChI=1S/C20H16ClF3N2O4/c1-11-17(25-19(27)28-12(2)15-8-3-4-9-16(15)21)18(30-26-11)13-6-5-7-14(10-13)29-20(22,23)24/h3-10,12H,1-2H3,(H,25,27). The molecule has 3 rings (SSSR count). The largest absolute Gasteiger partial charge is 0.573 e. The zero-order chi connectivity index (χ0) is 21.9. The first-order chi connectivity index (χ1) is 14.1. The van der Waals surface area contributed by atoms with Crippen LogP contribution in [0.5, 0.6) is 5.75 Å². The minimum Gasteiger partial charge on any atom is -0.441 e. The minimum absolute atomic E-state index is 0.0578. The van der Waals surface area contributed by atoms with Crippen molar-refractivity contribution in [3.63, 3.8) is 0 Å². The van der Waals surface area contributed by atoms with Gasteiger partial charge < -0.3 is 14.0 Å². The Labute approximate surface area is 174 Å². The van der Waals surface area contributed by atoms with Crippen molar-refractivity contribution in [3.8, 4) is 17.1 Å². The number of hydrogen-bond acceptors (Lipinski definition) is 5. The van der Waals surface area contributed by atoms with Crippen LogP contribution in [0.3, 0.4) is 0 Å². The van der Waals surface area contributed by atoms with Gasteiger partial charge in [0.25, 0.3) is 0 Å². The molecule has 0 radical (unpaired) electrons. The van der Waals surface area contributed by atoms with E-state index in [0.29, 0.717) is 16.3 Å². The molecule has 1 atom stereocenters. The molecule has 6 nitrogen and oxygen atoms in total. The highest BCUT2D eigenvalue weighted by molar-refractivity contribution is 6.31. The third kappa shape index (κ3) is 5.24. The SMILES string of the molecule is Cc1noc(-c2cccc(OC(F)(F)F)c2)c1NC(=O)OC(C)c1ccccc1Cl. The lowest BCUT2D eigenvalue weighted by Crippen LogP contribution is -2.17. The summed E-state index contributed by atoms with van der Waals surface area (Å²) >= 11 is 6.11. The second-order valence-corrected chi connectivity index (χ2v) is 6.65. The number of alkyl halides is 3. The van der Waals surface area contributed by atoms with Gasteiger partial charge in [0.05, 0.1) is 0 Å². The highest BCUT2D eigenvalue weighted by atomic mass is 35.5. The monoisotopic (exact) mass is 440 g/mol. The maximum Gasteiger partial charge on any atom is 0.573 e. The van der Waals surface area contributed by atoms with E-state index in [4.69, 9.17) is 20.9 Å². The number of aromatic nitrogens is 1. The number of amides is 1. The fourth-order valence-corrected chi connectivity index (χ4v) is 3.00. The van der Waals surface area contributed by atoms with Crippen LogP contribution in [0.15, 0.2) is 53.1 Å². The van der Waals surface area contributed by atoms with Crippen molar-refractivity contribution in [2.75, 3.05) is 5.32 Å². The molecular formula is C20H16ClF3N2O4. The van der Waals surface area contributed by atoms with E-state index in [0.717, 1.165) is 12.1 Å². The summed E-state index contributed by atoms with van der Waals surface area (Å²) in [4.78, 5) is 12.4. The Kier molecular flexibility index (Phi) is 6.21. The molecule has 2 aromatic carbocycles. The van der Waals surface area contributed by atoms with Crippen molar-refractivity contribution >= 4 is 23.4 Å². The van der Waals surface area contributed by atoms with Gasteiger partial charge in [0.15, 0.2) is 5.76 Å². The van der Waals surface area contributed by atoms with Crippen LogP contribution in [0.2, 0.25) is 5.02 Å². The van der Waals surface area contributed by atoms with E-state index in [2.05, 4.69) is 15.2 Å². The van der Waals surface area contributed by atoms with Gasteiger partial charge in [-0.2, -0.15) is 0 Å². The highest BCUT2D eigenvalue weighted by Crippen LogP contribution is 2.34. The summed E-state index contributed by atoms with van der Waals surface area (Å²) in [6.07, 6.45) is -6.29. The molecule has 0 bridgehead atoms. The van der Waals surface area contributed by atoms with Crippen LogP contribution in [0.1, 0.15) is 24.3 Å². The molecule has 1 unspecified atom stereocenters. The summed E-state index contributed by atoms with van der Waals surface area (Å²) in [5, 5.41) is 6.74. The number of ether oxygens (including phenoxy) is 2. The summed E-state index contributed by atoms with van der Waals surface area (Å²) < 4.78 is 51.9. The second kappa shape index (κ2) is 8.66. The van der Waals surface area contributed by atoms with Gasteiger partial charge in [-0.3, -0.25) is 5.32 Å². The molecule has 1 amide bonds. The molecule has 0 fully saturated rings. The van der Waals surface area contributed by atoms with E-state index >= 15 is 0 Å². The van der Waals surface area contributed by atoms with E-state index in [-0.39, 0.29) is 17.0 Å². The number of nitrogens with one attached hydrogen (secondary N) is 1. The average molecular weight is 441 g/mol. The molecule has 10 heteroatoms. The summed E-state index contributed by atoms with van der Waals surface area (Å²) in [7, 11) is 0. The number of rotatable bonds is 5. The van der Waals surface area contributed by atoms with Crippen LogP contribution in [0.25, 0.3) is 11.3 Å². The van der Waals surface area contributed by atoms with E-state index < -0.39 is 24.3 Å². The number of halogens is 4. The lowest BCUT2D eigenvalue weighted by molar-refractivity contribution is -0.274. The number of benzene rings is 2. The van der Waals surface area contributed by atoms with Crippen LogP contribution in [-0.2, 0) is 4.74 Å². The summed E-state index contributed by atoms with van der Waals surface area (Å²) in [5.74, 6) is -0.377. The summed E-state index contributed by atoms with van der Waals surface area (Å²) in [6.45, 7) is 3.22. The number of aryl methyl sites for hydroxylation is 1. The van der Waals surface area contributed by atoms with Crippen LogP contribution in [0, 0.1) is 6.92 Å². The van der Waals surface area contributed by atoms with Crippen molar-refractivity contribution in [2.24, 2.45) is 0 Å². The zero-order valence-electron chi connectivity index (χ0n) is 15.8. The van der Waals surface area contributed by atoms with Gasteiger partial charge in [-0.05, 0) is 32.0 Å². The molecule has 0 aliphatic carbocycles. The molecule has 0 spiro atoms. The zero-order valence-corrected chi connectivity index (χ0v) is 16.5. The smallest absolute Gasteiger partial charge is 0.441 e. The fourth-order valence-electron chi connectivity index (χ4n) is 2.71. The first-order valence-electron chi connectivity index (χ1n) is 8.68. The van der Waals surface area contributed by atoms with E-state index in [1.165, 1.54) is 12.1 Å². The Balaban J connectivity index is 1.79. The van der Waals surface area contributed by atoms with Crippen molar-refractivity contribution in [1.29, 1.82) is 0 Å². The lowest BCUT2D eigenvalue weighted by Gasteiger charge is -2.15. The Morgan fingerprint density at radius 3 is 2.63 bits per heavy atom. The fraction of sp³-hybridized carbons (Fsp3) is 0.200. The van der Waals surface area contributed by atoms with E-state index in [9.17, 15) is 18.0 Å². The molecule has 0 saturated heterocycles. The summed E-state index contributed by atoms with van der Waals surface area (Å²) in [5.41, 5.74) is 1.32. The molecular weight excluding hydrogens is 425 g/mol. The predicted octanol–water partition coefficient (Wildman–Crippen LogP) is 6.51. The van der Waals surface area contributed by atoms with Crippen LogP contribution < -0.4 is 10.1 Å². The van der Waals surface area contributed by atoms with Gasteiger partial charge in [0.2, 0.25) is 0 Å². The molecule has 0 aliphatic heterocycles. The van der Waals surface area contributed by atoms with Crippen LogP contribution in [-0.4, -0.2) is 17.6 Å². The van der Waals surface area contributed by atoms with Crippen molar-refractivity contribution in [1.82, 2.24) is 5.16 Å². The van der Waals surface area contributed by atoms with Gasteiger partial charge in [-0.25, -0.2) is 4.79 Å². The average Bonchev–Trinajstić information content (AvgIpc) is 3.01. The first-order valence-corrected chi connectivity index (χ1v) is 9.06. The maximum atomic E-state index is 12.5. The molecule has 1 heterocycles. The Hall–Kier alpha value is -3.20. The number of carbonyl (C=O) groups excluding carboxylic acids is 1. The van der Waals surface area contributed by atoms with Gasteiger partial charge >= 0.3 is 12.5 Å². The third-order valence-corrected chi connectivity index (χ3v) is 4.39. The van der Waals surface area contributed by atoms with Crippen LogP contribution in [0.4, 0.5) is 23.7 Å². The van der Waals surface area contributed by atoms with Gasteiger partial charge in [-0.15, -0.1) is 13.2 Å². The molecule has 30 heavy (non-hydrogen) atoms. The molecule has 1 aromatic heterocycles. The van der Waals surface area contributed by atoms with E-state index in [1.54, 1.807) is 38.1 Å². The normalized spacial score (nSPS) is 12.3. The molecule has 158 valence electrons. The van der Waals surface area contributed by atoms with E-state index in [1.807, 2.05) is 0 Å². The molecule has 0 aliphatic rings. The van der Waals surface area contributed by atoms with Gasteiger partial charge in [0, 0.05) is 16.1 Å². The third-order valence-electron chi connectivity index (χ3n) is 4.05. The van der Waals surface area contributed by atoms with Crippen molar-refractivity contribution < 1.29 is 32.0 Å². The minimum atomic E-state index is -4.84. The number of hydrogen-bond donors (Lipinski definition) is 1. The molecule has 0 saturated carbocycles. The highest BCUT2D eigenvalue weighted by Gasteiger charge is 2.31. The Bertz CT molecular complexity index is 1050. The van der Waals surface area contributed by atoms with Gasteiger partial charge in [-0.1, -0.05) is 47.1 Å². The quantitative estimate of drug-likeness (QED) is 0.489. The first kappa shape index (κ1) is 21.5. The molecule has 1 N–H and O–H groups in total. The van der Waals surface area contributed by atoms with Gasteiger partial charge in [0.1, 0.15) is 23.2 Å². The Morgan fingerprint density at radius 1 is 1.20 bits per heavy atom.